The highest BCUT2D eigenvalue weighted by Crippen LogP contribution is 2.36. The molecule has 0 unspecified atom stereocenters. The minimum absolute atomic E-state index is 0.0508. The fourth-order valence-corrected chi connectivity index (χ4v) is 4.04. The fraction of sp³-hybridized carbons (Fsp3) is 0.316. The van der Waals surface area contributed by atoms with Crippen LogP contribution in [0.15, 0.2) is 46.7 Å². The van der Waals surface area contributed by atoms with Crippen LogP contribution >= 0.6 is 23.1 Å². The minimum Gasteiger partial charge on any atom is -0.452 e. The molecule has 30 heavy (non-hydrogen) atoms. The Labute approximate surface area is 178 Å². The van der Waals surface area contributed by atoms with Crippen LogP contribution in [0.1, 0.15) is 20.0 Å². The van der Waals surface area contributed by atoms with Gasteiger partial charge in [-0.3, -0.25) is 9.59 Å². The summed E-state index contributed by atoms with van der Waals surface area (Å²) in [5, 5.41) is 1.82. The molecule has 1 saturated heterocycles. The number of alkyl halides is 3. The van der Waals surface area contributed by atoms with Gasteiger partial charge in [0.2, 0.25) is 0 Å². The van der Waals surface area contributed by atoms with E-state index in [9.17, 15) is 27.6 Å². The predicted molar refractivity (Wildman–Crippen MR) is 105 cm³/mol. The van der Waals surface area contributed by atoms with Gasteiger partial charge in [-0.1, -0.05) is 6.07 Å². The summed E-state index contributed by atoms with van der Waals surface area (Å²) < 4.78 is 42.0. The number of esters is 1. The smallest absolute Gasteiger partial charge is 0.446 e. The van der Waals surface area contributed by atoms with E-state index < -0.39 is 24.0 Å². The molecule has 0 radical (unpaired) electrons. The Hall–Kier alpha value is -2.53. The fourth-order valence-electron chi connectivity index (χ4n) is 2.81. The number of thiophene rings is 1. The summed E-state index contributed by atoms with van der Waals surface area (Å²) in [6.07, 6.45) is 0. The molecule has 160 valence electrons. The number of thioether (sulfide) groups is 1. The number of nitrogens with zero attached hydrogens (tertiary/aromatic N) is 2. The molecule has 1 aromatic heterocycles. The average Bonchev–Trinajstić information content (AvgIpc) is 3.25. The summed E-state index contributed by atoms with van der Waals surface area (Å²) in [5.41, 5.74) is -4.35. The van der Waals surface area contributed by atoms with Crippen molar-refractivity contribution in [2.24, 2.45) is 0 Å². The van der Waals surface area contributed by atoms with E-state index in [0.717, 1.165) is 0 Å². The number of carbonyl (C=O) groups is 3. The number of piperazine rings is 1. The van der Waals surface area contributed by atoms with Crippen LogP contribution in [0.4, 0.5) is 13.2 Å². The van der Waals surface area contributed by atoms with Crippen LogP contribution in [0.5, 0.6) is 0 Å². The molecule has 3 rings (SSSR count). The van der Waals surface area contributed by atoms with Crippen LogP contribution in [0.25, 0.3) is 0 Å². The predicted octanol–water partition coefficient (Wildman–Crippen LogP) is 3.50. The van der Waals surface area contributed by atoms with E-state index in [4.69, 9.17) is 4.74 Å². The van der Waals surface area contributed by atoms with Crippen molar-refractivity contribution in [1.29, 1.82) is 0 Å². The molecule has 1 aromatic carbocycles. The molecule has 0 bridgehead atoms. The zero-order valence-electron chi connectivity index (χ0n) is 15.6. The van der Waals surface area contributed by atoms with Crippen molar-refractivity contribution >= 4 is 40.9 Å². The molecule has 0 N–H and O–H groups in total. The molecule has 2 aromatic rings. The van der Waals surface area contributed by atoms with Gasteiger partial charge in [0, 0.05) is 31.1 Å². The zero-order chi connectivity index (χ0) is 21.7. The SMILES string of the molecule is O=C(OCC(=O)N1CCN(C(=O)c2cccs2)CC1)c1ccc(SC(F)(F)F)cc1. The van der Waals surface area contributed by atoms with Crippen LogP contribution < -0.4 is 0 Å². The molecule has 2 heterocycles. The standard InChI is InChI=1S/C19H17F3N2O4S2/c20-19(21,22)30-14-5-3-13(4-6-14)18(27)28-12-16(25)23-7-9-24(10-8-23)17(26)15-2-1-11-29-15/h1-6,11H,7-10,12H2. The number of carbonyl (C=O) groups excluding carboxylic acids is 3. The van der Waals surface area contributed by atoms with Gasteiger partial charge in [-0.2, -0.15) is 13.2 Å². The number of halogens is 3. The summed E-state index contributed by atoms with van der Waals surface area (Å²) in [4.78, 5) is 40.4. The second kappa shape index (κ2) is 9.52. The maximum absolute atomic E-state index is 12.3. The lowest BCUT2D eigenvalue weighted by Crippen LogP contribution is -2.51. The molecule has 0 atom stereocenters. The summed E-state index contributed by atoms with van der Waals surface area (Å²) in [6.45, 7) is 0.952. The second-order valence-corrected chi connectivity index (χ2v) is 8.38. The Morgan fingerprint density at radius 3 is 2.20 bits per heavy atom. The van der Waals surface area contributed by atoms with Gasteiger partial charge in [-0.05, 0) is 47.5 Å². The maximum atomic E-state index is 12.3. The third kappa shape index (κ3) is 5.99. The molecule has 11 heteroatoms. The molecule has 0 aliphatic carbocycles. The van der Waals surface area contributed by atoms with Crippen molar-refractivity contribution in [2.45, 2.75) is 10.4 Å². The van der Waals surface area contributed by atoms with Crippen LogP contribution in [0, 0.1) is 0 Å². The highest BCUT2D eigenvalue weighted by Gasteiger charge is 2.29. The Balaban J connectivity index is 1.44. The molecule has 0 saturated carbocycles. The molecular weight excluding hydrogens is 441 g/mol. The lowest BCUT2D eigenvalue weighted by atomic mass is 10.2. The van der Waals surface area contributed by atoms with Gasteiger partial charge in [0.25, 0.3) is 11.8 Å². The molecule has 1 fully saturated rings. The molecule has 1 aliphatic heterocycles. The Morgan fingerprint density at radius 2 is 1.63 bits per heavy atom. The van der Waals surface area contributed by atoms with Crippen molar-refractivity contribution in [3.05, 3.63) is 52.2 Å². The van der Waals surface area contributed by atoms with Gasteiger partial charge < -0.3 is 14.5 Å². The van der Waals surface area contributed by atoms with Crippen LogP contribution in [-0.2, 0) is 9.53 Å². The van der Waals surface area contributed by atoms with Crippen LogP contribution in [-0.4, -0.2) is 65.9 Å². The highest BCUT2D eigenvalue weighted by molar-refractivity contribution is 8.00. The lowest BCUT2D eigenvalue weighted by molar-refractivity contribution is -0.136. The lowest BCUT2D eigenvalue weighted by Gasteiger charge is -2.34. The van der Waals surface area contributed by atoms with Gasteiger partial charge in [-0.15, -0.1) is 11.3 Å². The maximum Gasteiger partial charge on any atom is 0.446 e. The normalized spacial score (nSPS) is 14.5. The monoisotopic (exact) mass is 458 g/mol. The first-order valence-corrected chi connectivity index (χ1v) is 10.6. The molecule has 2 amide bonds. The molecular formula is C19H17F3N2O4S2. The van der Waals surface area contributed by atoms with Gasteiger partial charge in [-0.25, -0.2) is 4.79 Å². The van der Waals surface area contributed by atoms with Crippen LogP contribution in [0.2, 0.25) is 0 Å². The quantitative estimate of drug-likeness (QED) is 0.507. The van der Waals surface area contributed by atoms with Crippen molar-refractivity contribution in [2.75, 3.05) is 32.8 Å². The largest absolute Gasteiger partial charge is 0.452 e. The van der Waals surface area contributed by atoms with E-state index in [-0.39, 0.29) is 28.1 Å². The van der Waals surface area contributed by atoms with E-state index in [1.807, 2.05) is 5.38 Å². The van der Waals surface area contributed by atoms with Crippen molar-refractivity contribution in [3.8, 4) is 0 Å². The first-order chi connectivity index (χ1) is 14.2. The van der Waals surface area contributed by atoms with Crippen molar-refractivity contribution in [1.82, 2.24) is 9.80 Å². The number of hydrogen-bond acceptors (Lipinski definition) is 6. The Kier molecular flexibility index (Phi) is 7.03. The van der Waals surface area contributed by atoms with Crippen molar-refractivity contribution in [3.63, 3.8) is 0 Å². The van der Waals surface area contributed by atoms with Gasteiger partial charge in [0.15, 0.2) is 6.61 Å². The topological polar surface area (TPSA) is 66.9 Å². The summed E-state index contributed by atoms with van der Waals surface area (Å²) in [7, 11) is 0. The molecule has 6 nitrogen and oxygen atoms in total. The zero-order valence-corrected chi connectivity index (χ0v) is 17.2. The first-order valence-electron chi connectivity index (χ1n) is 8.86. The van der Waals surface area contributed by atoms with Gasteiger partial charge in [0.1, 0.15) is 0 Å². The molecule has 0 spiro atoms. The number of amides is 2. The Bertz CT molecular complexity index is 894. The number of benzene rings is 1. The minimum atomic E-state index is -4.41. The van der Waals surface area contributed by atoms with E-state index >= 15 is 0 Å². The van der Waals surface area contributed by atoms with E-state index in [1.54, 1.807) is 17.0 Å². The third-order valence-corrected chi connectivity index (χ3v) is 5.90. The number of rotatable bonds is 5. The number of hydrogen-bond donors (Lipinski definition) is 0. The van der Waals surface area contributed by atoms with Gasteiger partial charge >= 0.3 is 11.5 Å². The van der Waals surface area contributed by atoms with Crippen LogP contribution in [0.3, 0.4) is 0 Å². The number of ether oxygens (including phenoxy) is 1. The summed E-state index contributed by atoms with van der Waals surface area (Å²) in [5.74, 6) is -1.26. The third-order valence-electron chi connectivity index (χ3n) is 4.30. The Morgan fingerprint density at radius 1 is 1.00 bits per heavy atom. The van der Waals surface area contributed by atoms with E-state index in [2.05, 4.69) is 0 Å². The average molecular weight is 458 g/mol. The van der Waals surface area contributed by atoms with E-state index in [0.29, 0.717) is 31.1 Å². The highest BCUT2D eigenvalue weighted by atomic mass is 32.2. The summed E-state index contributed by atoms with van der Waals surface area (Å²) in [6, 6.07) is 8.32. The summed E-state index contributed by atoms with van der Waals surface area (Å²) >= 11 is 1.08. The van der Waals surface area contributed by atoms with Crippen molar-refractivity contribution < 1.29 is 32.3 Å². The first kappa shape index (κ1) is 22.2. The molecule has 1 aliphatic rings. The van der Waals surface area contributed by atoms with Gasteiger partial charge in [0.05, 0.1) is 10.4 Å². The second-order valence-electron chi connectivity index (χ2n) is 6.30. The van der Waals surface area contributed by atoms with E-state index in [1.165, 1.54) is 40.5 Å².